The summed E-state index contributed by atoms with van der Waals surface area (Å²) >= 11 is 0. The predicted molar refractivity (Wildman–Crippen MR) is 88.5 cm³/mol. The van der Waals surface area contributed by atoms with Gasteiger partial charge in [0.2, 0.25) is 0 Å². The molecule has 1 atom stereocenters. The van der Waals surface area contributed by atoms with Gasteiger partial charge >= 0.3 is 0 Å². The lowest BCUT2D eigenvalue weighted by atomic mass is 9.96. The van der Waals surface area contributed by atoms with E-state index < -0.39 is 5.60 Å². The van der Waals surface area contributed by atoms with Gasteiger partial charge in [-0.2, -0.15) is 0 Å². The molecule has 0 aliphatic carbocycles. The van der Waals surface area contributed by atoms with Crippen LogP contribution >= 0.6 is 0 Å². The van der Waals surface area contributed by atoms with Crippen LogP contribution in [0.5, 0.6) is 23.0 Å². The summed E-state index contributed by atoms with van der Waals surface area (Å²) in [4.78, 5) is 0. The van der Waals surface area contributed by atoms with Crippen molar-refractivity contribution >= 4 is 0 Å². The Balaban J connectivity index is 1.96. The highest BCUT2D eigenvalue weighted by Crippen LogP contribution is 2.41. The average molecular weight is 314 g/mol. The van der Waals surface area contributed by atoms with E-state index in [0.29, 0.717) is 17.9 Å². The van der Waals surface area contributed by atoms with Crippen molar-refractivity contribution in [2.75, 3.05) is 0 Å². The molecule has 2 N–H and O–H groups in total. The highest BCUT2D eigenvalue weighted by atomic mass is 16.5. The molecule has 3 rings (SSSR count). The molecule has 0 fully saturated rings. The summed E-state index contributed by atoms with van der Waals surface area (Å²) in [6.45, 7) is 7.37. The van der Waals surface area contributed by atoms with Crippen LogP contribution in [0.2, 0.25) is 0 Å². The van der Waals surface area contributed by atoms with Crippen LogP contribution in [0.25, 0.3) is 0 Å². The summed E-state index contributed by atoms with van der Waals surface area (Å²) in [6, 6.07) is 9.06. The van der Waals surface area contributed by atoms with Crippen molar-refractivity contribution in [2.24, 2.45) is 0 Å². The molecule has 0 unspecified atom stereocenters. The van der Waals surface area contributed by atoms with Crippen molar-refractivity contribution < 1.29 is 19.7 Å². The smallest absolute Gasteiger partial charge is 0.134 e. The summed E-state index contributed by atoms with van der Waals surface area (Å²) < 4.78 is 11.9. The standard InChI is InChI=1S/C19H22O4/c1-11-5-13(20)9-14(6-11)22-16-7-12(2)8-17-15(16)10-18(23-17)19(3,4)21/h5-9,18,20-21H,10H2,1-4H3/t18-/m1/s1. The molecule has 0 saturated heterocycles. The zero-order valence-corrected chi connectivity index (χ0v) is 13.9. The lowest BCUT2D eigenvalue weighted by Crippen LogP contribution is -2.39. The molecule has 4 heteroatoms. The van der Waals surface area contributed by atoms with E-state index in [1.807, 2.05) is 32.0 Å². The number of phenols is 1. The summed E-state index contributed by atoms with van der Waals surface area (Å²) in [5.74, 6) is 2.22. The highest BCUT2D eigenvalue weighted by molar-refractivity contribution is 5.52. The lowest BCUT2D eigenvalue weighted by molar-refractivity contribution is -0.0229. The van der Waals surface area contributed by atoms with Gasteiger partial charge in [0, 0.05) is 18.1 Å². The molecule has 4 nitrogen and oxygen atoms in total. The van der Waals surface area contributed by atoms with Gasteiger partial charge in [-0.15, -0.1) is 0 Å². The van der Waals surface area contributed by atoms with E-state index in [-0.39, 0.29) is 11.9 Å². The largest absolute Gasteiger partial charge is 0.508 e. The topological polar surface area (TPSA) is 58.9 Å². The Bertz CT molecular complexity index is 724. The lowest BCUT2D eigenvalue weighted by Gasteiger charge is -2.24. The van der Waals surface area contributed by atoms with Crippen LogP contribution in [0.1, 0.15) is 30.5 Å². The van der Waals surface area contributed by atoms with E-state index in [9.17, 15) is 10.2 Å². The number of fused-ring (bicyclic) bond motifs is 1. The number of phenolic OH excluding ortho intramolecular Hbond substituents is 1. The summed E-state index contributed by atoms with van der Waals surface area (Å²) in [7, 11) is 0. The first kappa shape index (κ1) is 15.7. The van der Waals surface area contributed by atoms with Crippen molar-refractivity contribution in [2.45, 2.75) is 45.8 Å². The molecule has 23 heavy (non-hydrogen) atoms. The fraction of sp³-hybridized carbons (Fsp3) is 0.368. The van der Waals surface area contributed by atoms with Crippen LogP contribution in [0.3, 0.4) is 0 Å². The second-order valence-electron chi connectivity index (χ2n) is 6.81. The number of hydrogen-bond acceptors (Lipinski definition) is 4. The minimum absolute atomic E-state index is 0.176. The van der Waals surface area contributed by atoms with Gasteiger partial charge in [-0.1, -0.05) is 0 Å². The molecular weight excluding hydrogens is 292 g/mol. The first-order valence-corrected chi connectivity index (χ1v) is 7.73. The number of aryl methyl sites for hydroxylation is 2. The summed E-state index contributed by atoms with van der Waals surface area (Å²) in [5.41, 5.74) is 1.97. The van der Waals surface area contributed by atoms with E-state index in [1.54, 1.807) is 26.0 Å². The molecule has 0 amide bonds. The van der Waals surface area contributed by atoms with Crippen molar-refractivity contribution in [1.29, 1.82) is 0 Å². The molecule has 122 valence electrons. The van der Waals surface area contributed by atoms with Crippen molar-refractivity contribution in [1.82, 2.24) is 0 Å². The van der Waals surface area contributed by atoms with Crippen LogP contribution < -0.4 is 9.47 Å². The average Bonchev–Trinajstić information content (AvgIpc) is 2.81. The third-order valence-corrected chi connectivity index (χ3v) is 4.02. The van der Waals surface area contributed by atoms with Gasteiger partial charge in [0.1, 0.15) is 29.1 Å². The molecule has 0 bridgehead atoms. The normalized spacial score (nSPS) is 16.8. The van der Waals surface area contributed by atoms with Crippen molar-refractivity contribution in [3.63, 3.8) is 0 Å². The number of benzene rings is 2. The van der Waals surface area contributed by atoms with Gasteiger partial charge in [0.05, 0.1) is 5.60 Å². The predicted octanol–water partition coefficient (Wildman–Crippen LogP) is 3.88. The third-order valence-electron chi connectivity index (χ3n) is 4.02. The Morgan fingerprint density at radius 2 is 1.78 bits per heavy atom. The van der Waals surface area contributed by atoms with E-state index in [1.165, 1.54) is 0 Å². The van der Waals surface area contributed by atoms with E-state index in [2.05, 4.69) is 0 Å². The summed E-state index contributed by atoms with van der Waals surface area (Å²) in [5, 5.41) is 19.9. The van der Waals surface area contributed by atoms with Gasteiger partial charge in [0.15, 0.2) is 0 Å². The van der Waals surface area contributed by atoms with E-state index >= 15 is 0 Å². The number of aliphatic hydroxyl groups is 1. The third kappa shape index (κ3) is 3.27. The fourth-order valence-corrected chi connectivity index (χ4v) is 2.84. The minimum Gasteiger partial charge on any atom is -0.508 e. The quantitative estimate of drug-likeness (QED) is 0.903. The molecule has 0 aromatic heterocycles. The van der Waals surface area contributed by atoms with Crippen LogP contribution in [0.4, 0.5) is 0 Å². The molecule has 1 aliphatic rings. The maximum Gasteiger partial charge on any atom is 0.134 e. The maximum absolute atomic E-state index is 10.2. The molecule has 0 saturated carbocycles. The first-order chi connectivity index (χ1) is 10.7. The molecule has 0 spiro atoms. The van der Waals surface area contributed by atoms with Crippen LogP contribution in [0.15, 0.2) is 30.3 Å². The molecule has 0 radical (unpaired) electrons. The van der Waals surface area contributed by atoms with Gasteiger partial charge in [-0.3, -0.25) is 0 Å². The van der Waals surface area contributed by atoms with Gasteiger partial charge in [-0.05, 0) is 63.1 Å². The second-order valence-corrected chi connectivity index (χ2v) is 6.81. The van der Waals surface area contributed by atoms with Gasteiger partial charge in [0.25, 0.3) is 0 Å². The number of ether oxygens (including phenoxy) is 2. The second kappa shape index (κ2) is 5.46. The molecule has 2 aromatic carbocycles. The Kier molecular flexibility index (Phi) is 3.72. The Morgan fingerprint density at radius 1 is 1.09 bits per heavy atom. The monoisotopic (exact) mass is 314 g/mol. The Morgan fingerprint density at radius 3 is 2.43 bits per heavy atom. The summed E-state index contributed by atoms with van der Waals surface area (Å²) in [6.07, 6.45) is 0.291. The number of aromatic hydroxyl groups is 1. The SMILES string of the molecule is Cc1cc(O)cc(Oc2cc(C)cc3c2C[C@H](C(C)(C)O)O3)c1. The van der Waals surface area contributed by atoms with E-state index in [4.69, 9.17) is 9.47 Å². The highest BCUT2D eigenvalue weighted by Gasteiger charge is 2.36. The first-order valence-electron chi connectivity index (χ1n) is 7.73. The fourth-order valence-electron chi connectivity index (χ4n) is 2.84. The molecular formula is C19H22O4. The molecule has 2 aromatic rings. The maximum atomic E-state index is 10.2. The molecule has 1 heterocycles. The van der Waals surface area contributed by atoms with Crippen LogP contribution in [-0.2, 0) is 6.42 Å². The minimum atomic E-state index is -0.925. The number of hydrogen-bond donors (Lipinski definition) is 2. The Hall–Kier alpha value is -2.20. The molecule has 1 aliphatic heterocycles. The van der Waals surface area contributed by atoms with E-state index in [0.717, 1.165) is 22.4 Å². The van der Waals surface area contributed by atoms with Gasteiger partial charge < -0.3 is 19.7 Å². The van der Waals surface area contributed by atoms with Crippen molar-refractivity contribution in [3.05, 3.63) is 47.0 Å². The van der Waals surface area contributed by atoms with Crippen LogP contribution in [0, 0.1) is 13.8 Å². The zero-order valence-electron chi connectivity index (χ0n) is 13.9. The van der Waals surface area contributed by atoms with Crippen molar-refractivity contribution in [3.8, 4) is 23.0 Å². The number of rotatable bonds is 3. The van der Waals surface area contributed by atoms with Gasteiger partial charge in [-0.25, -0.2) is 0 Å². The Labute approximate surface area is 136 Å². The zero-order chi connectivity index (χ0) is 16.8. The van der Waals surface area contributed by atoms with Crippen LogP contribution in [-0.4, -0.2) is 21.9 Å².